The van der Waals surface area contributed by atoms with Crippen molar-refractivity contribution in [3.63, 3.8) is 0 Å². The van der Waals surface area contributed by atoms with Gasteiger partial charge in [-0.25, -0.2) is 4.85 Å². The maximum Gasteiger partial charge on any atom is 0.229 e. The van der Waals surface area contributed by atoms with E-state index in [1.807, 2.05) is 19.1 Å². The van der Waals surface area contributed by atoms with Crippen molar-refractivity contribution in [3.05, 3.63) is 39.6 Å². The van der Waals surface area contributed by atoms with Crippen molar-refractivity contribution in [2.75, 3.05) is 117 Å². The summed E-state index contributed by atoms with van der Waals surface area (Å²) in [6, 6.07) is 6.07. The van der Waals surface area contributed by atoms with Crippen molar-refractivity contribution >= 4 is 33.4 Å². The molecular formula is C37H61N7O4S+2. The maximum atomic E-state index is 9.41. The monoisotopic (exact) mass is 699 g/mol. The molecule has 12 heteroatoms. The Hall–Kier alpha value is -3.10. The van der Waals surface area contributed by atoms with E-state index in [4.69, 9.17) is 25.5 Å². The summed E-state index contributed by atoms with van der Waals surface area (Å²) in [6.07, 6.45) is 0. The molecule has 0 bridgehead atoms. The molecule has 11 nitrogen and oxygen atoms in total. The van der Waals surface area contributed by atoms with Gasteiger partial charge in [0, 0.05) is 24.8 Å². The summed E-state index contributed by atoms with van der Waals surface area (Å²) in [7, 11) is 1.61. The zero-order valence-electron chi connectivity index (χ0n) is 31.6. The lowest BCUT2D eigenvalue weighted by Crippen LogP contribution is -2.49. The second kappa shape index (κ2) is 21.9. The van der Waals surface area contributed by atoms with Gasteiger partial charge in [0.2, 0.25) is 5.69 Å². The summed E-state index contributed by atoms with van der Waals surface area (Å²) in [5, 5.41) is 18.6. The second-order valence-electron chi connectivity index (χ2n) is 12.3. The molecular weight excluding hydrogens is 639 g/mol. The van der Waals surface area contributed by atoms with Crippen LogP contribution < -0.4 is 9.64 Å². The molecule has 0 aliphatic heterocycles. The molecule has 0 amide bonds. The molecule has 0 spiro atoms. The number of quaternary nitrogens is 2. The highest BCUT2D eigenvalue weighted by Gasteiger charge is 2.22. The van der Waals surface area contributed by atoms with Crippen LogP contribution in [-0.4, -0.2) is 121 Å². The van der Waals surface area contributed by atoms with E-state index in [9.17, 15) is 5.26 Å². The molecule has 1 aromatic carbocycles. The molecule has 0 saturated heterocycles. The fraction of sp³-hybridized carbons (Fsp3) is 0.676. The highest BCUT2D eigenvalue weighted by atomic mass is 32.1. The fourth-order valence-electron chi connectivity index (χ4n) is 6.07. The van der Waals surface area contributed by atoms with Crippen molar-refractivity contribution in [2.24, 2.45) is 10.2 Å². The third kappa shape index (κ3) is 12.0. The number of thiophene rings is 1. The maximum absolute atomic E-state index is 9.41. The van der Waals surface area contributed by atoms with E-state index in [2.05, 4.69) is 67.6 Å². The number of hydrogen-bond donors (Lipinski definition) is 0. The van der Waals surface area contributed by atoms with Crippen LogP contribution >= 0.6 is 11.3 Å². The largest absolute Gasteiger partial charge is 0.494 e. The zero-order valence-corrected chi connectivity index (χ0v) is 32.5. The Morgan fingerprint density at radius 3 is 1.78 bits per heavy atom. The average molecular weight is 700 g/mol. The first kappa shape index (κ1) is 42.1. The van der Waals surface area contributed by atoms with Gasteiger partial charge in [-0.1, -0.05) is 0 Å². The minimum Gasteiger partial charge on any atom is -0.494 e. The first-order valence-corrected chi connectivity index (χ1v) is 18.7. The average Bonchev–Trinajstić information content (AvgIpc) is 3.45. The third-order valence-electron chi connectivity index (χ3n) is 10.2. The van der Waals surface area contributed by atoms with Crippen molar-refractivity contribution < 1.29 is 27.9 Å². The number of nitriles is 1. The van der Waals surface area contributed by atoms with Gasteiger partial charge in [-0.2, -0.15) is 10.4 Å². The topological polar surface area (TPSA) is 93.0 Å². The van der Waals surface area contributed by atoms with E-state index in [0.717, 1.165) is 85.8 Å². The molecule has 272 valence electrons. The van der Waals surface area contributed by atoms with Crippen molar-refractivity contribution in [1.29, 1.82) is 5.26 Å². The Morgan fingerprint density at radius 2 is 1.31 bits per heavy atom. The molecule has 1 heterocycles. The smallest absolute Gasteiger partial charge is 0.229 e. The minimum absolute atomic E-state index is 0.359. The first-order valence-electron chi connectivity index (χ1n) is 17.9. The Balaban J connectivity index is 2.15. The Bertz CT molecular complexity index is 1370. The summed E-state index contributed by atoms with van der Waals surface area (Å²) >= 11 is 1.17. The highest BCUT2D eigenvalue weighted by molar-refractivity contribution is 7.17. The molecule has 49 heavy (non-hydrogen) atoms. The van der Waals surface area contributed by atoms with E-state index in [1.165, 1.54) is 11.3 Å². The Morgan fingerprint density at radius 1 is 0.796 bits per heavy atom. The zero-order chi connectivity index (χ0) is 36.3. The third-order valence-corrected chi connectivity index (χ3v) is 11.3. The van der Waals surface area contributed by atoms with Crippen LogP contribution in [0.25, 0.3) is 4.85 Å². The number of hydrogen-bond acceptors (Lipinski definition) is 9. The van der Waals surface area contributed by atoms with E-state index in [0.29, 0.717) is 72.1 Å². The second-order valence-corrected chi connectivity index (χ2v) is 13.3. The van der Waals surface area contributed by atoms with Crippen molar-refractivity contribution in [3.8, 4) is 11.8 Å². The first-order chi connectivity index (χ1) is 23.7. The number of anilines is 1. The lowest BCUT2D eigenvalue weighted by molar-refractivity contribution is -0.923. The van der Waals surface area contributed by atoms with Gasteiger partial charge in [0.15, 0.2) is 0 Å². The number of aryl methyl sites for hydroxylation is 1. The predicted molar refractivity (Wildman–Crippen MR) is 200 cm³/mol. The van der Waals surface area contributed by atoms with Gasteiger partial charge < -0.3 is 32.8 Å². The fourth-order valence-corrected chi connectivity index (χ4v) is 6.94. The molecule has 0 N–H and O–H groups in total. The van der Waals surface area contributed by atoms with Crippen molar-refractivity contribution in [2.45, 2.75) is 55.4 Å². The van der Waals surface area contributed by atoms with Crippen LogP contribution in [0.4, 0.5) is 22.1 Å². The number of azo groups is 1. The summed E-state index contributed by atoms with van der Waals surface area (Å²) in [5.41, 5.74) is 3.56. The van der Waals surface area contributed by atoms with Gasteiger partial charge >= 0.3 is 0 Å². The number of methoxy groups -OCH3 is 1. The highest BCUT2D eigenvalue weighted by Crippen LogP contribution is 2.43. The van der Waals surface area contributed by atoms with Gasteiger partial charge in [-0.05, 0) is 72.6 Å². The summed E-state index contributed by atoms with van der Waals surface area (Å²) in [4.78, 5) is 6.32. The molecule has 0 atom stereocenters. The molecule has 0 saturated carbocycles. The van der Waals surface area contributed by atoms with Crippen molar-refractivity contribution in [1.82, 2.24) is 0 Å². The summed E-state index contributed by atoms with van der Waals surface area (Å²) in [6.45, 7) is 38.6. The molecule has 2 rings (SSSR count). The van der Waals surface area contributed by atoms with Crippen LogP contribution in [-0.2, 0) is 14.2 Å². The lowest BCUT2D eigenvalue weighted by Gasteiger charge is -2.35. The van der Waals surface area contributed by atoms with Gasteiger partial charge in [-0.3, -0.25) is 0 Å². The number of nitrogens with zero attached hydrogens (tertiary/aromatic N) is 7. The quantitative estimate of drug-likeness (QED) is 0.0454. The molecule has 0 unspecified atom stereocenters. The number of ether oxygens (including phenoxy) is 4. The van der Waals surface area contributed by atoms with Crippen LogP contribution in [0.2, 0.25) is 0 Å². The van der Waals surface area contributed by atoms with Gasteiger partial charge in [0.05, 0.1) is 97.5 Å². The minimum atomic E-state index is 0.359. The summed E-state index contributed by atoms with van der Waals surface area (Å²) < 4.78 is 26.1. The van der Waals surface area contributed by atoms with E-state index in [1.54, 1.807) is 14.0 Å². The van der Waals surface area contributed by atoms with Crippen LogP contribution in [0.1, 0.15) is 57.5 Å². The molecule has 0 aliphatic carbocycles. The Labute approximate surface area is 300 Å². The van der Waals surface area contributed by atoms with E-state index < -0.39 is 0 Å². The lowest BCUT2D eigenvalue weighted by atomic mass is 10.1. The van der Waals surface area contributed by atoms with Gasteiger partial charge in [0.25, 0.3) is 0 Å². The SMILES string of the molecule is [C-]#[N+]c1c(N=Nc2cc(C)c(N(CCOCCOCC[N+](CC)(CC)CC)CCOCC[N+](CC)(CC)CC)cc2OC)sc(C#N)c1C. The number of benzene rings is 1. The molecule has 0 fully saturated rings. The van der Waals surface area contributed by atoms with Crippen LogP contribution in [0.5, 0.6) is 5.75 Å². The normalized spacial score (nSPS) is 12.0. The molecule has 0 radical (unpaired) electrons. The van der Waals surface area contributed by atoms with Gasteiger partial charge in [-0.15, -0.1) is 16.5 Å². The standard InChI is InChI=1S/C37H61N7O4S/c1-11-43(12-2,13-3)19-23-46-21-17-42(18-22-47-25-26-48-24-20-44(14-4,15-5)16-6)33-28-34(45-10)32(27-30(33)7)40-41-37-36(39-9)31(8)35(29-38)49-37/h27-28H,11-26H2,1-8,10H3/q+2. The van der Waals surface area contributed by atoms with Gasteiger partial charge in [0.1, 0.15) is 35.6 Å². The molecule has 2 aromatic rings. The molecule has 0 aliphatic rings. The molecule has 1 aromatic heterocycles. The number of rotatable bonds is 25. The van der Waals surface area contributed by atoms with Crippen LogP contribution in [0.15, 0.2) is 22.4 Å². The van der Waals surface area contributed by atoms with Crippen LogP contribution in [0, 0.1) is 31.8 Å². The van der Waals surface area contributed by atoms with Crippen LogP contribution in [0.3, 0.4) is 0 Å². The van der Waals surface area contributed by atoms with E-state index in [-0.39, 0.29) is 0 Å². The van der Waals surface area contributed by atoms with E-state index >= 15 is 0 Å². The Kier molecular flexibility index (Phi) is 18.8. The predicted octanol–water partition coefficient (Wildman–Crippen LogP) is 7.82. The number of likely N-dealkylation sites (N-methyl/N-ethyl adjacent to an activating group) is 2. The summed E-state index contributed by atoms with van der Waals surface area (Å²) in [5.74, 6) is 0.569.